The number of aryl methyl sites for hydroxylation is 2. The molecule has 2 N–H and O–H groups in total. The van der Waals surface area contributed by atoms with Crippen molar-refractivity contribution in [1.29, 1.82) is 0 Å². The van der Waals surface area contributed by atoms with Gasteiger partial charge in [0.05, 0.1) is 5.69 Å². The van der Waals surface area contributed by atoms with E-state index in [1.807, 2.05) is 10.7 Å². The fraction of sp³-hybridized carbons (Fsp3) is 0.500. The van der Waals surface area contributed by atoms with E-state index in [0.717, 1.165) is 35.6 Å². The summed E-state index contributed by atoms with van der Waals surface area (Å²) in [6, 6.07) is 6.29. The smallest absolute Gasteiger partial charge is 0.154 e. The van der Waals surface area contributed by atoms with Gasteiger partial charge in [-0.1, -0.05) is 27.7 Å². The van der Waals surface area contributed by atoms with Crippen LogP contribution in [0.3, 0.4) is 0 Å². The monoisotopic (exact) mass is 272 g/mol. The van der Waals surface area contributed by atoms with Gasteiger partial charge in [-0.15, -0.1) is 0 Å². The Bertz CT molecular complexity index is 584. The molecule has 4 nitrogen and oxygen atoms in total. The van der Waals surface area contributed by atoms with E-state index in [1.54, 1.807) is 0 Å². The van der Waals surface area contributed by atoms with E-state index in [4.69, 9.17) is 10.7 Å². The van der Waals surface area contributed by atoms with Gasteiger partial charge in [-0.3, -0.25) is 0 Å². The maximum absolute atomic E-state index is 5.81. The summed E-state index contributed by atoms with van der Waals surface area (Å²) in [5.41, 5.74) is 10.3. The standard InChI is InChI=1S/C16H24N4/c1-5-13-9-14(6-2)20(19-13)16-8-12(10-17)7-15(18-16)11(3)4/h7-9,11H,5-6,10,17H2,1-4H3. The highest BCUT2D eigenvalue weighted by atomic mass is 15.3. The Morgan fingerprint density at radius 3 is 2.45 bits per heavy atom. The van der Waals surface area contributed by atoms with Crippen LogP contribution in [0.4, 0.5) is 0 Å². The molecule has 0 spiro atoms. The average Bonchev–Trinajstić information content (AvgIpc) is 2.90. The van der Waals surface area contributed by atoms with E-state index in [0.29, 0.717) is 12.5 Å². The molecule has 0 aromatic carbocycles. The van der Waals surface area contributed by atoms with E-state index >= 15 is 0 Å². The third kappa shape index (κ3) is 2.90. The predicted octanol–water partition coefficient (Wildman–Crippen LogP) is 2.97. The molecule has 0 aliphatic rings. The predicted molar refractivity (Wildman–Crippen MR) is 82.1 cm³/mol. The largest absolute Gasteiger partial charge is 0.326 e. The highest BCUT2D eigenvalue weighted by Gasteiger charge is 2.12. The second-order valence-electron chi connectivity index (χ2n) is 5.36. The highest BCUT2D eigenvalue weighted by molar-refractivity contribution is 5.34. The van der Waals surface area contributed by atoms with Crippen LogP contribution < -0.4 is 5.73 Å². The van der Waals surface area contributed by atoms with Crippen molar-refractivity contribution < 1.29 is 0 Å². The van der Waals surface area contributed by atoms with Crippen molar-refractivity contribution in [1.82, 2.24) is 14.8 Å². The molecule has 0 bridgehead atoms. The lowest BCUT2D eigenvalue weighted by Gasteiger charge is -2.12. The molecule has 0 aliphatic carbocycles. The van der Waals surface area contributed by atoms with Crippen LogP contribution in [0.1, 0.15) is 56.3 Å². The number of nitrogens with zero attached hydrogens (tertiary/aromatic N) is 3. The minimum atomic E-state index is 0.381. The SMILES string of the molecule is CCc1cc(CC)n(-c2cc(CN)cc(C(C)C)n2)n1. The van der Waals surface area contributed by atoms with Gasteiger partial charge < -0.3 is 5.73 Å². The van der Waals surface area contributed by atoms with Gasteiger partial charge >= 0.3 is 0 Å². The molecule has 2 aromatic rings. The lowest BCUT2D eigenvalue weighted by Crippen LogP contribution is -2.09. The third-order valence-electron chi connectivity index (χ3n) is 3.49. The fourth-order valence-electron chi connectivity index (χ4n) is 2.21. The van der Waals surface area contributed by atoms with Crippen LogP contribution in [0.15, 0.2) is 18.2 Å². The van der Waals surface area contributed by atoms with Crippen LogP contribution in [-0.2, 0) is 19.4 Å². The van der Waals surface area contributed by atoms with Gasteiger partial charge in [0.2, 0.25) is 0 Å². The molecular weight excluding hydrogens is 248 g/mol. The molecule has 0 atom stereocenters. The van der Waals surface area contributed by atoms with Gasteiger partial charge in [0.15, 0.2) is 5.82 Å². The van der Waals surface area contributed by atoms with Crippen molar-refractivity contribution in [2.45, 2.75) is 53.0 Å². The summed E-state index contributed by atoms with van der Waals surface area (Å²) in [5, 5.41) is 4.66. The van der Waals surface area contributed by atoms with Gasteiger partial charge in [0.1, 0.15) is 0 Å². The molecular formula is C16H24N4. The molecule has 0 amide bonds. The van der Waals surface area contributed by atoms with Gasteiger partial charge in [0, 0.05) is 17.9 Å². The van der Waals surface area contributed by atoms with Gasteiger partial charge in [-0.2, -0.15) is 5.10 Å². The maximum Gasteiger partial charge on any atom is 0.154 e. The first-order valence-electron chi connectivity index (χ1n) is 7.38. The van der Waals surface area contributed by atoms with Gasteiger partial charge in [0.25, 0.3) is 0 Å². The summed E-state index contributed by atoms with van der Waals surface area (Å²) < 4.78 is 1.96. The Morgan fingerprint density at radius 2 is 1.90 bits per heavy atom. The van der Waals surface area contributed by atoms with Crippen molar-refractivity contribution in [3.8, 4) is 5.82 Å². The van der Waals surface area contributed by atoms with E-state index in [1.165, 1.54) is 5.69 Å². The summed E-state index contributed by atoms with van der Waals surface area (Å²) in [6.45, 7) is 9.08. The minimum absolute atomic E-state index is 0.381. The number of pyridine rings is 1. The van der Waals surface area contributed by atoms with Crippen LogP contribution >= 0.6 is 0 Å². The summed E-state index contributed by atoms with van der Waals surface area (Å²) in [5.74, 6) is 1.26. The molecule has 0 saturated heterocycles. The minimum Gasteiger partial charge on any atom is -0.326 e. The molecule has 2 aromatic heterocycles. The Labute approximate surface area is 121 Å². The Kier molecular flexibility index (Phi) is 4.55. The van der Waals surface area contributed by atoms with Gasteiger partial charge in [-0.05, 0) is 42.5 Å². The van der Waals surface area contributed by atoms with Gasteiger partial charge in [-0.25, -0.2) is 9.67 Å². The van der Waals surface area contributed by atoms with E-state index in [9.17, 15) is 0 Å². The molecule has 0 unspecified atom stereocenters. The normalized spacial score (nSPS) is 11.3. The topological polar surface area (TPSA) is 56.7 Å². The van der Waals surface area contributed by atoms with Crippen LogP contribution in [0, 0.1) is 0 Å². The maximum atomic E-state index is 5.81. The zero-order chi connectivity index (χ0) is 14.7. The van der Waals surface area contributed by atoms with Crippen molar-refractivity contribution in [2.24, 2.45) is 5.73 Å². The molecule has 2 rings (SSSR count). The Morgan fingerprint density at radius 1 is 1.15 bits per heavy atom. The average molecular weight is 272 g/mol. The highest BCUT2D eigenvalue weighted by Crippen LogP contribution is 2.19. The molecule has 4 heteroatoms. The summed E-state index contributed by atoms with van der Waals surface area (Å²) in [6.07, 6.45) is 1.88. The number of nitrogens with two attached hydrogens (primary N) is 1. The fourth-order valence-corrected chi connectivity index (χ4v) is 2.21. The molecule has 0 aliphatic heterocycles. The van der Waals surface area contributed by atoms with Crippen molar-refractivity contribution in [2.75, 3.05) is 0 Å². The van der Waals surface area contributed by atoms with Crippen molar-refractivity contribution in [3.63, 3.8) is 0 Å². The van der Waals surface area contributed by atoms with Crippen molar-refractivity contribution >= 4 is 0 Å². The van der Waals surface area contributed by atoms with Crippen LogP contribution in [0.25, 0.3) is 5.82 Å². The number of rotatable bonds is 5. The molecule has 0 fully saturated rings. The first-order chi connectivity index (χ1) is 9.58. The first-order valence-corrected chi connectivity index (χ1v) is 7.38. The van der Waals surface area contributed by atoms with E-state index in [-0.39, 0.29) is 0 Å². The van der Waals surface area contributed by atoms with Crippen LogP contribution in [0.5, 0.6) is 0 Å². The quantitative estimate of drug-likeness (QED) is 0.910. The number of hydrogen-bond acceptors (Lipinski definition) is 3. The third-order valence-corrected chi connectivity index (χ3v) is 3.49. The summed E-state index contributed by atoms with van der Waals surface area (Å²) in [4.78, 5) is 4.75. The summed E-state index contributed by atoms with van der Waals surface area (Å²) in [7, 11) is 0. The molecule has 0 radical (unpaired) electrons. The number of aromatic nitrogens is 3. The number of hydrogen-bond donors (Lipinski definition) is 1. The lowest BCUT2D eigenvalue weighted by molar-refractivity contribution is 0.743. The molecule has 2 heterocycles. The zero-order valence-electron chi connectivity index (χ0n) is 12.8. The first kappa shape index (κ1) is 14.7. The summed E-state index contributed by atoms with van der Waals surface area (Å²) >= 11 is 0. The van der Waals surface area contributed by atoms with Crippen molar-refractivity contribution in [3.05, 3.63) is 40.8 Å². The molecule has 108 valence electrons. The molecule has 0 saturated carbocycles. The Balaban J connectivity index is 2.56. The van der Waals surface area contributed by atoms with Crippen LogP contribution in [-0.4, -0.2) is 14.8 Å². The lowest BCUT2D eigenvalue weighted by atomic mass is 10.1. The van der Waals surface area contributed by atoms with E-state index < -0.39 is 0 Å². The van der Waals surface area contributed by atoms with Crippen LogP contribution in [0.2, 0.25) is 0 Å². The zero-order valence-corrected chi connectivity index (χ0v) is 12.8. The second-order valence-corrected chi connectivity index (χ2v) is 5.36. The van der Waals surface area contributed by atoms with E-state index in [2.05, 4.69) is 44.9 Å². The second kappa shape index (κ2) is 6.18. The molecule has 20 heavy (non-hydrogen) atoms. The Hall–Kier alpha value is -1.68.